The Balaban J connectivity index is 2.02. The summed E-state index contributed by atoms with van der Waals surface area (Å²) in [5.41, 5.74) is 0.897. The molecule has 0 saturated carbocycles. The predicted octanol–water partition coefficient (Wildman–Crippen LogP) is 1.87. The molecule has 2 heterocycles. The third kappa shape index (κ3) is 3.80. The number of rotatable bonds is 4. The first-order valence-electron chi connectivity index (χ1n) is 8.31. The summed E-state index contributed by atoms with van der Waals surface area (Å²) in [4.78, 5) is 21.9. The summed E-state index contributed by atoms with van der Waals surface area (Å²) >= 11 is 0. The van der Waals surface area contributed by atoms with Crippen LogP contribution in [0.3, 0.4) is 0 Å². The molecule has 0 bridgehead atoms. The Kier molecular flexibility index (Phi) is 5.19. The van der Waals surface area contributed by atoms with E-state index in [1.807, 2.05) is 11.8 Å². The van der Waals surface area contributed by atoms with Crippen molar-refractivity contribution in [1.29, 1.82) is 5.26 Å². The van der Waals surface area contributed by atoms with Crippen LogP contribution in [0.2, 0.25) is 0 Å². The van der Waals surface area contributed by atoms with E-state index >= 15 is 0 Å². The number of halogens is 1. The summed E-state index contributed by atoms with van der Waals surface area (Å²) in [6.45, 7) is 2.29. The van der Waals surface area contributed by atoms with Crippen LogP contribution in [0.15, 0.2) is 24.3 Å². The highest BCUT2D eigenvalue weighted by Gasteiger charge is 2.31. The molecule has 9 heteroatoms. The van der Waals surface area contributed by atoms with Crippen LogP contribution in [0.1, 0.15) is 12.5 Å². The van der Waals surface area contributed by atoms with E-state index in [9.17, 15) is 14.3 Å². The number of anilines is 2. The summed E-state index contributed by atoms with van der Waals surface area (Å²) in [7, 11) is 1.66. The SMILES string of the molecule is CNc1nc(-c2ccc(C#N)c(F)c2)cc(N2C[C@@H](C(=O)O)OC[C@H]2C)n1. The molecule has 0 radical (unpaired) electrons. The number of nitrogens with zero attached hydrogens (tertiary/aromatic N) is 4. The lowest BCUT2D eigenvalue weighted by atomic mass is 10.1. The Labute approximate surface area is 155 Å². The molecule has 3 rings (SSSR count). The fourth-order valence-corrected chi connectivity index (χ4v) is 2.83. The quantitative estimate of drug-likeness (QED) is 0.838. The van der Waals surface area contributed by atoms with E-state index in [0.29, 0.717) is 23.0 Å². The molecule has 1 fully saturated rings. The van der Waals surface area contributed by atoms with Gasteiger partial charge in [-0.15, -0.1) is 0 Å². The fraction of sp³-hybridized carbons (Fsp3) is 0.333. The Hall–Kier alpha value is -3.25. The summed E-state index contributed by atoms with van der Waals surface area (Å²) in [5.74, 6) is -0.843. The number of hydrogen-bond donors (Lipinski definition) is 2. The van der Waals surface area contributed by atoms with Crippen LogP contribution >= 0.6 is 0 Å². The number of benzene rings is 1. The topological polar surface area (TPSA) is 111 Å². The zero-order chi connectivity index (χ0) is 19.6. The van der Waals surface area contributed by atoms with Crippen LogP contribution in [0, 0.1) is 17.1 Å². The molecule has 1 aliphatic heterocycles. The second-order valence-corrected chi connectivity index (χ2v) is 6.15. The first-order valence-corrected chi connectivity index (χ1v) is 8.31. The van der Waals surface area contributed by atoms with Crippen molar-refractivity contribution < 1.29 is 19.0 Å². The lowest BCUT2D eigenvalue weighted by molar-refractivity contribution is -0.151. The Morgan fingerprint density at radius 3 is 2.85 bits per heavy atom. The molecular weight excluding hydrogens is 353 g/mol. The van der Waals surface area contributed by atoms with Gasteiger partial charge in [0.05, 0.1) is 30.5 Å². The number of carboxylic acids is 1. The first kappa shape index (κ1) is 18.5. The van der Waals surface area contributed by atoms with E-state index < -0.39 is 17.9 Å². The first-order chi connectivity index (χ1) is 12.9. The molecule has 2 atom stereocenters. The molecule has 140 valence electrons. The number of carboxylic acid groups (broad SMARTS) is 1. The van der Waals surface area contributed by atoms with Crippen molar-refractivity contribution in [3.05, 3.63) is 35.6 Å². The number of ether oxygens (including phenoxy) is 1. The number of aromatic nitrogens is 2. The van der Waals surface area contributed by atoms with Crippen molar-refractivity contribution in [3.63, 3.8) is 0 Å². The number of hydrogen-bond acceptors (Lipinski definition) is 7. The van der Waals surface area contributed by atoms with Crippen LogP contribution in [0.5, 0.6) is 0 Å². The van der Waals surface area contributed by atoms with Gasteiger partial charge in [-0.2, -0.15) is 10.2 Å². The highest BCUT2D eigenvalue weighted by molar-refractivity contribution is 5.74. The molecule has 0 amide bonds. The summed E-state index contributed by atoms with van der Waals surface area (Å²) in [6, 6.07) is 7.60. The van der Waals surface area contributed by atoms with Crippen molar-refractivity contribution in [3.8, 4) is 17.3 Å². The maximum Gasteiger partial charge on any atom is 0.334 e. The Bertz CT molecular complexity index is 914. The van der Waals surface area contributed by atoms with Crippen LogP contribution in [-0.2, 0) is 9.53 Å². The van der Waals surface area contributed by atoms with Crippen molar-refractivity contribution in [2.45, 2.75) is 19.1 Å². The molecule has 1 aromatic heterocycles. The van der Waals surface area contributed by atoms with Crippen LogP contribution < -0.4 is 10.2 Å². The average molecular weight is 371 g/mol. The molecule has 0 spiro atoms. The van der Waals surface area contributed by atoms with E-state index in [0.717, 1.165) is 0 Å². The summed E-state index contributed by atoms with van der Waals surface area (Å²) in [6.07, 6.45) is -0.954. The van der Waals surface area contributed by atoms with E-state index in [4.69, 9.17) is 10.00 Å². The lowest BCUT2D eigenvalue weighted by Gasteiger charge is -2.37. The zero-order valence-electron chi connectivity index (χ0n) is 14.8. The van der Waals surface area contributed by atoms with Gasteiger partial charge < -0.3 is 20.1 Å². The maximum atomic E-state index is 14.0. The monoisotopic (exact) mass is 371 g/mol. The molecule has 1 aromatic carbocycles. The maximum absolute atomic E-state index is 14.0. The van der Waals surface area contributed by atoms with Gasteiger partial charge in [0.25, 0.3) is 0 Å². The van der Waals surface area contributed by atoms with E-state index in [1.165, 1.54) is 12.1 Å². The number of nitrogens with one attached hydrogen (secondary N) is 1. The molecular formula is C18H18FN5O3. The van der Waals surface area contributed by atoms with Crippen molar-refractivity contribution >= 4 is 17.7 Å². The Morgan fingerprint density at radius 2 is 2.22 bits per heavy atom. The third-order valence-corrected chi connectivity index (χ3v) is 4.32. The number of morpholine rings is 1. The molecule has 27 heavy (non-hydrogen) atoms. The molecule has 2 aromatic rings. The molecule has 0 aliphatic carbocycles. The largest absolute Gasteiger partial charge is 0.479 e. The van der Waals surface area contributed by atoms with Gasteiger partial charge in [-0.1, -0.05) is 6.07 Å². The normalized spacial score (nSPS) is 19.4. The Morgan fingerprint density at radius 1 is 1.44 bits per heavy atom. The number of aliphatic carboxylic acids is 1. The second-order valence-electron chi connectivity index (χ2n) is 6.15. The molecule has 1 saturated heterocycles. The van der Waals surface area contributed by atoms with Crippen molar-refractivity contribution in [2.75, 3.05) is 30.4 Å². The predicted molar refractivity (Wildman–Crippen MR) is 95.9 cm³/mol. The van der Waals surface area contributed by atoms with Gasteiger partial charge in [-0.3, -0.25) is 0 Å². The zero-order valence-corrected chi connectivity index (χ0v) is 14.8. The van der Waals surface area contributed by atoms with Crippen LogP contribution in [-0.4, -0.2) is 53.4 Å². The van der Waals surface area contributed by atoms with Crippen molar-refractivity contribution in [1.82, 2.24) is 9.97 Å². The van der Waals surface area contributed by atoms with Gasteiger partial charge in [0.2, 0.25) is 5.95 Å². The minimum Gasteiger partial charge on any atom is -0.479 e. The number of carbonyl (C=O) groups is 1. The minimum absolute atomic E-state index is 0.0482. The minimum atomic E-state index is -1.04. The van der Waals surface area contributed by atoms with Gasteiger partial charge in [-0.05, 0) is 19.1 Å². The van der Waals surface area contributed by atoms with Gasteiger partial charge in [0.15, 0.2) is 6.10 Å². The van der Waals surface area contributed by atoms with Gasteiger partial charge in [0, 0.05) is 18.7 Å². The van der Waals surface area contributed by atoms with Crippen LogP contribution in [0.4, 0.5) is 16.2 Å². The number of nitriles is 1. The lowest BCUT2D eigenvalue weighted by Crippen LogP contribution is -2.51. The summed E-state index contributed by atoms with van der Waals surface area (Å²) in [5, 5.41) is 21.0. The van der Waals surface area contributed by atoms with Gasteiger partial charge in [-0.25, -0.2) is 14.2 Å². The second kappa shape index (κ2) is 7.55. The van der Waals surface area contributed by atoms with E-state index in [-0.39, 0.29) is 24.8 Å². The summed E-state index contributed by atoms with van der Waals surface area (Å²) < 4.78 is 19.3. The highest BCUT2D eigenvalue weighted by atomic mass is 19.1. The molecule has 2 N–H and O–H groups in total. The standard InChI is InChI=1S/C18H18FN5O3/c1-10-9-27-15(17(25)26)8-24(10)16-6-14(22-18(21-2)23-16)11-3-4-12(7-20)13(19)5-11/h3-6,10,15H,8-9H2,1-2H3,(H,25,26)(H,21,22,23)/t10-,15+/m1/s1. The highest BCUT2D eigenvalue weighted by Crippen LogP contribution is 2.27. The molecule has 8 nitrogen and oxygen atoms in total. The van der Waals surface area contributed by atoms with Gasteiger partial charge >= 0.3 is 5.97 Å². The molecule has 0 unspecified atom stereocenters. The average Bonchev–Trinajstić information content (AvgIpc) is 2.67. The van der Waals surface area contributed by atoms with Crippen molar-refractivity contribution in [2.24, 2.45) is 0 Å². The van der Waals surface area contributed by atoms with Gasteiger partial charge in [0.1, 0.15) is 17.7 Å². The molecule has 1 aliphatic rings. The van der Waals surface area contributed by atoms with Crippen LogP contribution in [0.25, 0.3) is 11.3 Å². The van der Waals surface area contributed by atoms with E-state index in [1.54, 1.807) is 25.2 Å². The fourth-order valence-electron chi connectivity index (χ4n) is 2.83. The van der Waals surface area contributed by atoms with E-state index in [2.05, 4.69) is 15.3 Å². The smallest absolute Gasteiger partial charge is 0.334 e. The third-order valence-electron chi connectivity index (χ3n) is 4.32.